The van der Waals surface area contributed by atoms with E-state index in [0.717, 1.165) is 17.3 Å². The van der Waals surface area contributed by atoms with Gasteiger partial charge in [-0.15, -0.1) is 10.2 Å². The quantitative estimate of drug-likeness (QED) is 0.568. The average molecular weight is 455 g/mol. The standard InChI is InChI=1S/C20H27ClN4O4S/c1-11(2)16(23-18(27)29-20(4,5)6)17-24-25-19(28-17)30-10-15(26)22-14-9-7-8-13(21)12(14)3/h7-9,11,16H,10H2,1-6H3,(H,22,26)(H,23,27)/t16-/m0/s1. The van der Waals surface area contributed by atoms with Gasteiger partial charge in [0.15, 0.2) is 0 Å². The maximum absolute atomic E-state index is 12.2. The van der Waals surface area contributed by atoms with Gasteiger partial charge in [0.1, 0.15) is 11.6 Å². The van der Waals surface area contributed by atoms with E-state index in [4.69, 9.17) is 20.8 Å². The van der Waals surface area contributed by atoms with Crippen LogP contribution in [0.1, 0.15) is 52.1 Å². The van der Waals surface area contributed by atoms with E-state index in [2.05, 4.69) is 20.8 Å². The predicted octanol–water partition coefficient (Wildman–Crippen LogP) is 4.98. The Hall–Kier alpha value is -2.26. The first-order chi connectivity index (χ1) is 14.0. The first kappa shape index (κ1) is 24.0. The van der Waals surface area contributed by atoms with E-state index >= 15 is 0 Å². The van der Waals surface area contributed by atoms with Crippen LogP contribution < -0.4 is 10.6 Å². The van der Waals surface area contributed by atoms with Crippen molar-refractivity contribution in [3.8, 4) is 0 Å². The van der Waals surface area contributed by atoms with E-state index in [0.29, 0.717) is 10.7 Å². The van der Waals surface area contributed by atoms with E-state index in [1.165, 1.54) is 0 Å². The molecule has 1 aromatic carbocycles. The van der Waals surface area contributed by atoms with Crippen molar-refractivity contribution >= 4 is 41.1 Å². The number of hydrogen-bond acceptors (Lipinski definition) is 7. The molecule has 1 atom stereocenters. The van der Waals surface area contributed by atoms with E-state index in [1.54, 1.807) is 39.0 Å². The Morgan fingerprint density at radius 1 is 1.27 bits per heavy atom. The lowest BCUT2D eigenvalue weighted by Crippen LogP contribution is -2.37. The highest BCUT2D eigenvalue weighted by molar-refractivity contribution is 7.99. The zero-order chi connectivity index (χ0) is 22.5. The van der Waals surface area contributed by atoms with Crippen molar-refractivity contribution in [3.63, 3.8) is 0 Å². The Balaban J connectivity index is 1.96. The Kier molecular flexibility index (Phi) is 8.14. The van der Waals surface area contributed by atoms with Gasteiger partial charge in [0.05, 0.1) is 5.75 Å². The van der Waals surface area contributed by atoms with Gasteiger partial charge in [0.25, 0.3) is 5.22 Å². The number of ether oxygens (including phenoxy) is 1. The summed E-state index contributed by atoms with van der Waals surface area (Å²) in [6.45, 7) is 11.0. The number of benzene rings is 1. The van der Waals surface area contributed by atoms with E-state index in [9.17, 15) is 9.59 Å². The van der Waals surface area contributed by atoms with Gasteiger partial charge in [0.2, 0.25) is 11.8 Å². The van der Waals surface area contributed by atoms with Crippen LogP contribution in [0, 0.1) is 12.8 Å². The van der Waals surface area contributed by atoms with Crippen LogP contribution in [0.5, 0.6) is 0 Å². The van der Waals surface area contributed by atoms with E-state index < -0.39 is 17.7 Å². The third-order valence-electron chi connectivity index (χ3n) is 3.90. The van der Waals surface area contributed by atoms with Crippen LogP contribution in [0.25, 0.3) is 0 Å². The molecule has 2 rings (SSSR count). The van der Waals surface area contributed by atoms with Gasteiger partial charge < -0.3 is 19.8 Å². The predicted molar refractivity (Wildman–Crippen MR) is 117 cm³/mol. The highest BCUT2D eigenvalue weighted by Crippen LogP contribution is 2.26. The van der Waals surface area contributed by atoms with E-state index in [1.807, 2.05) is 20.8 Å². The van der Waals surface area contributed by atoms with Crippen molar-refractivity contribution < 1.29 is 18.7 Å². The summed E-state index contributed by atoms with van der Waals surface area (Å²) in [5.74, 6) is 0.103. The van der Waals surface area contributed by atoms with Gasteiger partial charge in [-0.25, -0.2) is 4.79 Å². The Morgan fingerprint density at radius 2 is 1.97 bits per heavy atom. The highest BCUT2D eigenvalue weighted by atomic mass is 35.5. The van der Waals surface area contributed by atoms with Crippen molar-refractivity contribution in [2.75, 3.05) is 11.1 Å². The van der Waals surface area contributed by atoms with Gasteiger partial charge >= 0.3 is 6.09 Å². The van der Waals surface area contributed by atoms with Crippen LogP contribution in [-0.4, -0.2) is 33.6 Å². The summed E-state index contributed by atoms with van der Waals surface area (Å²) in [4.78, 5) is 24.3. The topological polar surface area (TPSA) is 106 Å². The van der Waals surface area contributed by atoms with Gasteiger partial charge in [-0.05, 0) is 51.3 Å². The van der Waals surface area contributed by atoms with E-state index in [-0.39, 0.29) is 28.7 Å². The largest absolute Gasteiger partial charge is 0.444 e. The third-order valence-corrected chi connectivity index (χ3v) is 5.12. The molecule has 0 aliphatic carbocycles. The number of alkyl carbamates (subject to hydrolysis) is 1. The smallest absolute Gasteiger partial charge is 0.408 e. The van der Waals surface area contributed by atoms with Gasteiger partial charge in [-0.2, -0.15) is 0 Å². The Morgan fingerprint density at radius 3 is 2.60 bits per heavy atom. The van der Waals surface area contributed by atoms with Gasteiger partial charge in [0, 0.05) is 10.7 Å². The molecule has 8 nitrogen and oxygen atoms in total. The monoisotopic (exact) mass is 454 g/mol. The molecular formula is C20H27ClN4O4S. The van der Waals surface area contributed by atoms with Crippen molar-refractivity contribution in [1.82, 2.24) is 15.5 Å². The number of thioether (sulfide) groups is 1. The molecule has 0 bridgehead atoms. The second kappa shape index (κ2) is 10.2. The molecule has 0 saturated heterocycles. The lowest BCUT2D eigenvalue weighted by Gasteiger charge is -2.23. The fourth-order valence-electron chi connectivity index (χ4n) is 2.41. The van der Waals surface area contributed by atoms with Crippen LogP contribution in [-0.2, 0) is 9.53 Å². The van der Waals surface area contributed by atoms with Crippen molar-refractivity contribution in [3.05, 3.63) is 34.7 Å². The molecule has 164 valence electrons. The highest BCUT2D eigenvalue weighted by Gasteiger charge is 2.27. The maximum Gasteiger partial charge on any atom is 0.408 e. The number of amides is 2. The third kappa shape index (κ3) is 7.21. The molecule has 30 heavy (non-hydrogen) atoms. The first-order valence-corrected chi connectivity index (χ1v) is 10.8. The summed E-state index contributed by atoms with van der Waals surface area (Å²) in [7, 11) is 0. The first-order valence-electron chi connectivity index (χ1n) is 9.47. The van der Waals surface area contributed by atoms with Crippen molar-refractivity contribution in [1.29, 1.82) is 0 Å². The molecule has 2 N–H and O–H groups in total. The molecule has 10 heteroatoms. The summed E-state index contributed by atoms with van der Waals surface area (Å²) in [6.07, 6.45) is -0.565. The van der Waals surface area contributed by atoms with Crippen LogP contribution in [0.3, 0.4) is 0 Å². The number of aromatic nitrogens is 2. The second-order valence-electron chi connectivity index (χ2n) is 8.02. The average Bonchev–Trinajstić information content (AvgIpc) is 3.09. The van der Waals surface area contributed by atoms with Gasteiger partial charge in [-0.3, -0.25) is 4.79 Å². The van der Waals surface area contributed by atoms with Crippen LogP contribution in [0.15, 0.2) is 27.8 Å². The molecule has 2 aromatic rings. The summed E-state index contributed by atoms with van der Waals surface area (Å²) in [5, 5.41) is 14.4. The zero-order valence-electron chi connectivity index (χ0n) is 17.9. The molecule has 1 heterocycles. The summed E-state index contributed by atoms with van der Waals surface area (Å²) in [6, 6.07) is 4.80. The second-order valence-corrected chi connectivity index (χ2v) is 9.36. The lowest BCUT2D eigenvalue weighted by molar-refractivity contribution is -0.113. The molecule has 2 amide bonds. The number of carbonyl (C=O) groups is 2. The maximum atomic E-state index is 12.2. The number of hydrogen-bond donors (Lipinski definition) is 2. The molecule has 0 saturated carbocycles. The number of rotatable bonds is 7. The summed E-state index contributed by atoms with van der Waals surface area (Å²) < 4.78 is 10.9. The molecular weight excluding hydrogens is 428 g/mol. The SMILES string of the molecule is Cc1c(Cl)cccc1NC(=O)CSc1nnc([C@@H](NC(=O)OC(C)(C)C)C(C)C)o1. The summed E-state index contributed by atoms with van der Waals surface area (Å²) in [5.41, 5.74) is 0.835. The summed E-state index contributed by atoms with van der Waals surface area (Å²) >= 11 is 7.18. The minimum atomic E-state index is -0.615. The molecule has 0 unspecified atom stereocenters. The number of nitrogens with zero attached hydrogens (tertiary/aromatic N) is 2. The molecule has 1 aromatic heterocycles. The molecule has 0 aliphatic heterocycles. The number of anilines is 1. The van der Waals surface area contributed by atoms with Crippen LogP contribution >= 0.6 is 23.4 Å². The minimum absolute atomic E-state index is 0.00933. The number of carbonyl (C=O) groups excluding carboxylic acids is 2. The molecule has 0 fully saturated rings. The molecule has 0 radical (unpaired) electrons. The minimum Gasteiger partial charge on any atom is -0.444 e. The van der Waals surface area contributed by atoms with Crippen molar-refractivity contribution in [2.24, 2.45) is 5.92 Å². The van der Waals surface area contributed by atoms with Crippen LogP contribution in [0.4, 0.5) is 10.5 Å². The lowest BCUT2D eigenvalue weighted by atomic mass is 10.1. The Labute approximate surface area is 185 Å². The normalized spacial score (nSPS) is 12.5. The fourth-order valence-corrected chi connectivity index (χ4v) is 3.15. The van der Waals surface area contributed by atoms with Crippen molar-refractivity contribution in [2.45, 2.75) is 58.4 Å². The zero-order valence-corrected chi connectivity index (χ0v) is 19.5. The molecule has 0 spiro atoms. The fraction of sp³-hybridized carbons (Fsp3) is 0.500. The number of halogens is 1. The number of nitrogens with one attached hydrogen (secondary N) is 2. The Bertz CT molecular complexity index is 895. The van der Waals surface area contributed by atoms with Crippen LogP contribution in [0.2, 0.25) is 5.02 Å². The van der Waals surface area contributed by atoms with Gasteiger partial charge in [-0.1, -0.05) is 43.3 Å². The molecule has 0 aliphatic rings.